The molecule has 168 valence electrons. The lowest BCUT2D eigenvalue weighted by Crippen LogP contribution is -2.40. The van der Waals surface area contributed by atoms with Gasteiger partial charge in [0.25, 0.3) is 11.8 Å². The normalized spacial score (nSPS) is 19.2. The fourth-order valence-corrected chi connectivity index (χ4v) is 4.41. The van der Waals surface area contributed by atoms with E-state index in [1.54, 1.807) is 23.1 Å². The second-order valence-electron chi connectivity index (χ2n) is 8.27. The fourth-order valence-electron chi connectivity index (χ4n) is 4.41. The van der Waals surface area contributed by atoms with Crippen LogP contribution in [0.1, 0.15) is 39.3 Å². The predicted octanol–water partition coefficient (Wildman–Crippen LogP) is 4.48. The van der Waals surface area contributed by atoms with Crippen LogP contribution in [0.5, 0.6) is 0 Å². The van der Waals surface area contributed by atoms with Crippen LogP contribution in [0.3, 0.4) is 0 Å². The van der Waals surface area contributed by atoms with E-state index in [2.05, 4.69) is 10.3 Å². The molecular weight excluding hydrogens is 421 g/mol. The number of nitrogens with zero attached hydrogens (tertiary/aromatic N) is 1. The lowest BCUT2D eigenvalue weighted by molar-refractivity contribution is -0.110. The minimum absolute atomic E-state index is 0.0944. The average molecular weight is 445 g/mol. The summed E-state index contributed by atoms with van der Waals surface area (Å²) in [5, 5.41) is 2.90. The number of halogens is 1. The lowest BCUT2D eigenvalue weighted by atomic mass is 9.93. The summed E-state index contributed by atoms with van der Waals surface area (Å²) < 4.78 is 19.6. The van der Waals surface area contributed by atoms with Gasteiger partial charge in [0.15, 0.2) is 0 Å². The Morgan fingerprint density at radius 1 is 1.24 bits per heavy atom. The van der Waals surface area contributed by atoms with Gasteiger partial charge >= 0.3 is 0 Å². The van der Waals surface area contributed by atoms with Crippen LogP contribution in [0.2, 0.25) is 0 Å². The summed E-state index contributed by atoms with van der Waals surface area (Å²) >= 11 is 0. The van der Waals surface area contributed by atoms with Gasteiger partial charge in [0.1, 0.15) is 5.83 Å². The van der Waals surface area contributed by atoms with Crippen molar-refractivity contribution in [2.75, 3.05) is 31.6 Å². The number of hydrogen-bond acceptors (Lipinski definition) is 3. The van der Waals surface area contributed by atoms with E-state index in [1.807, 2.05) is 37.3 Å². The molecule has 6 nitrogen and oxygen atoms in total. The molecule has 0 spiro atoms. The molecule has 1 aliphatic carbocycles. The van der Waals surface area contributed by atoms with Crippen molar-refractivity contribution in [1.29, 1.82) is 0 Å². The fraction of sp³-hybridized carbons (Fsp3) is 0.231. The minimum atomic E-state index is -0.260. The maximum absolute atomic E-state index is 14.2. The first-order valence-corrected chi connectivity index (χ1v) is 11.0. The molecule has 7 heteroatoms. The summed E-state index contributed by atoms with van der Waals surface area (Å²) in [5.74, 6) is -0.597. The number of benzene rings is 1. The van der Waals surface area contributed by atoms with Gasteiger partial charge in [0.05, 0.1) is 30.0 Å². The number of aromatic amines is 1. The number of fused-ring (bicyclic) bond motifs is 1. The van der Waals surface area contributed by atoms with Crippen LogP contribution >= 0.6 is 0 Å². The number of carbonyl (C=O) groups excluding carboxylic acids is 2. The molecule has 1 saturated heterocycles. The molecule has 2 N–H and O–H groups in total. The Kier molecular flexibility index (Phi) is 5.56. The zero-order valence-electron chi connectivity index (χ0n) is 18.3. The highest BCUT2D eigenvalue weighted by molar-refractivity contribution is 6.36. The first-order chi connectivity index (χ1) is 16.0. The number of hydrogen-bond donors (Lipinski definition) is 2. The molecular formula is C26H24FN3O3. The van der Waals surface area contributed by atoms with E-state index in [4.69, 9.17) is 4.74 Å². The van der Waals surface area contributed by atoms with E-state index in [9.17, 15) is 14.0 Å². The maximum atomic E-state index is 14.2. The lowest BCUT2D eigenvalue weighted by Gasteiger charge is -2.26. The van der Waals surface area contributed by atoms with Gasteiger partial charge in [-0.05, 0) is 42.3 Å². The second-order valence-corrected chi connectivity index (χ2v) is 8.27. The first-order valence-electron chi connectivity index (χ1n) is 11.0. The van der Waals surface area contributed by atoms with Crippen molar-refractivity contribution in [2.24, 2.45) is 0 Å². The minimum Gasteiger partial charge on any atom is -0.378 e. The molecule has 0 bridgehead atoms. The van der Waals surface area contributed by atoms with Crippen LogP contribution in [0, 0.1) is 6.92 Å². The Balaban J connectivity index is 1.60. The number of amides is 2. The summed E-state index contributed by atoms with van der Waals surface area (Å²) in [4.78, 5) is 31.1. The Morgan fingerprint density at radius 2 is 2.06 bits per heavy atom. The molecule has 5 rings (SSSR count). The van der Waals surface area contributed by atoms with Crippen molar-refractivity contribution in [3.8, 4) is 0 Å². The number of nitrogens with one attached hydrogen (secondary N) is 2. The Hall–Kier alpha value is -3.71. The van der Waals surface area contributed by atoms with Gasteiger partial charge in [0, 0.05) is 36.5 Å². The average Bonchev–Trinajstić information content (AvgIpc) is 3.25. The summed E-state index contributed by atoms with van der Waals surface area (Å²) in [6, 6.07) is 7.34. The largest absolute Gasteiger partial charge is 0.378 e. The number of carbonyl (C=O) groups is 2. The van der Waals surface area contributed by atoms with Crippen molar-refractivity contribution >= 4 is 34.7 Å². The Labute approximate surface area is 191 Å². The summed E-state index contributed by atoms with van der Waals surface area (Å²) in [6.45, 7) is 3.97. The third kappa shape index (κ3) is 4.07. The van der Waals surface area contributed by atoms with Crippen LogP contribution in [-0.2, 0) is 9.53 Å². The molecule has 1 fully saturated rings. The number of aromatic nitrogens is 1. The van der Waals surface area contributed by atoms with E-state index in [-0.39, 0.29) is 24.1 Å². The standard InChI is InChI=1S/C26H24FN3O3/c1-16-13-20(26(32)30-9-11-33-12-10-30)23(28-16)15-21-24-19(7-4-8-22(24)29-25(21)31)17-5-2-3-6-18(27)14-17/h2-5,7-8,13-15,28H,6,9-12H2,1H3,(H,29,31)/b21-15-. The molecule has 0 unspecified atom stereocenters. The van der Waals surface area contributed by atoms with Gasteiger partial charge in [-0.25, -0.2) is 4.39 Å². The van der Waals surface area contributed by atoms with Gasteiger partial charge < -0.3 is 19.9 Å². The van der Waals surface area contributed by atoms with E-state index >= 15 is 0 Å². The highest BCUT2D eigenvalue weighted by atomic mass is 19.1. The zero-order valence-corrected chi connectivity index (χ0v) is 18.3. The third-order valence-corrected chi connectivity index (χ3v) is 5.97. The summed E-state index contributed by atoms with van der Waals surface area (Å²) in [6.07, 6.45) is 8.88. The quantitative estimate of drug-likeness (QED) is 0.684. The van der Waals surface area contributed by atoms with E-state index < -0.39 is 0 Å². The Morgan fingerprint density at radius 3 is 2.88 bits per heavy atom. The van der Waals surface area contributed by atoms with Gasteiger partial charge in [-0.1, -0.05) is 30.4 Å². The van der Waals surface area contributed by atoms with Crippen molar-refractivity contribution in [2.45, 2.75) is 13.3 Å². The molecule has 0 atom stereocenters. The molecule has 2 aliphatic heterocycles. The number of rotatable bonds is 3. The van der Waals surface area contributed by atoms with Gasteiger partial charge in [0.2, 0.25) is 0 Å². The highest BCUT2D eigenvalue weighted by Crippen LogP contribution is 2.40. The van der Waals surface area contributed by atoms with Crippen LogP contribution in [0.15, 0.2) is 54.4 Å². The van der Waals surface area contributed by atoms with Crippen LogP contribution < -0.4 is 5.32 Å². The van der Waals surface area contributed by atoms with Crippen molar-refractivity contribution < 1.29 is 18.7 Å². The summed E-state index contributed by atoms with van der Waals surface area (Å²) in [7, 11) is 0. The monoisotopic (exact) mass is 445 g/mol. The molecule has 2 aromatic rings. The number of anilines is 1. The molecule has 2 amide bonds. The third-order valence-electron chi connectivity index (χ3n) is 5.97. The summed E-state index contributed by atoms with van der Waals surface area (Å²) in [5.41, 5.74) is 5.15. The van der Waals surface area contributed by atoms with E-state index in [0.717, 1.165) is 11.3 Å². The van der Waals surface area contributed by atoms with Crippen LogP contribution in [-0.4, -0.2) is 48.0 Å². The van der Waals surface area contributed by atoms with Crippen molar-refractivity contribution in [1.82, 2.24) is 9.88 Å². The highest BCUT2D eigenvalue weighted by Gasteiger charge is 2.29. The number of allylic oxidation sites excluding steroid dienone is 6. The maximum Gasteiger partial charge on any atom is 0.256 e. The molecule has 1 aromatic heterocycles. The van der Waals surface area contributed by atoms with Crippen LogP contribution in [0.25, 0.3) is 17.2 Å². The molecule has 3 heterocycles. The number of aryl methyl sites for hydroxylation is 1. The number of ether oxygens (including phenoxy) is 1. The number of morpholine rings is 1. The molecule has 0 radical (unpaired) electrons. The van der Waals surface area contributed by atoms with Crippen LogP contribution in [0.4, 0.5) is 10.1 Å². The van der Waals surface area contributed by atoms with Crippen molar-refractivity contribution in [3.05, 3.63) is 82.5 Å². The smallest absolute Gasteiger partial charge is 0.256 e. The van der Waals surface area contributed by atoms with Gasteiger partial charge in [-0.3, -0.25) is 9.59 Å². The van der Waals surface area contributed by atoms with Gasteiger partial charge in [-0.15, -0.1) is 0 Å². The van der Waals surface area contributed by atoms with E-state index in [0.29, 0.717) is 60.0 Å². The zero-order chi connectivity index (χ0) is 22.9. The molecule has 0 saturated carbocycles. The van der Waals surface area contributed by atoms with Gasteiger partial charge in [-0.2, -0.15) is 0 Å². The molecule has 33 heavy (non-hydrogen) atoms. The number of H-pyrrole nitrogens is 1. The Bertz CT molecular complexity index is 1260. The predicted molar refractivity (Wildman–Crippen MR) is 126 cm³/mol. The SMILES string of the molecule is Cc1cc(C(=O)N2CCOCC2)c(/C=C2\C(=O)Nc3cccc(C4=CC=CCC(F)=C4)c32)[nH]1. The second kappa shape index (κ2) is 8.67. The first kappa shape index (κ1) is 21.2. The molecule has 1 aromatic carbocycles. The topological polar surface area (TPSA) is 74.4 Å². The molecule has 3 aliphatic rings. The van der Waals surface area contributed by atoms with E-state index in [1.165, 1.54) is 6.08 Å². The van der Waals surface area contributed by atoms with Crippen molar-refractivity contribution in [3.63, 3.8) is 0 Å².